The molecule has 2 saturated heterocycles. The maximum Gasteiger partial charge on any atom is 0.253 e. The third-order valence-corrected chi connectivity index (χ3v) is 5.77. The maximum atomic E-state index is 12.6. The average Bonchev–Trinajstić information content (AvgIpc) is 3.23. The van der Waals surface area contributed by atoms with E-state index in [1.54, 1.807) is 0 Å². The first-order valence-electron chi connectivity index (χ1n) is 9.09. The van der Waals surface area contributed by atoms with E-state index in [4.69, 9.17) is 0 Å². The summed E-state index contributed by atoms with van der Waals surface area (Å²) in [4.78, 5) is 19.0. The zero-order valence-electron chi connectivity index (χ0n) is 14.6. The maximum absolute atomic E-state index is 12.6. The van der Waals surface area contributed by atoms with Crippen molar-refractivity contribution in [2.75, 3.05) is 49.1 Å². The van der Waals surface area contributed by atoms with Crippen molar-refractivity contribution in [3.8, 4) is 0 Å². The van der Waals surface area contributed by atoms with Crippen molar-refractivity contribution >= 4 is 40.1 Å². The van der Waals surface area contributed by atoms with Gasteiger partial charge < -0.3 is 14.7 Å². The molecule has 2 aromatic rings. The Morgan fingerprint density at radius 3 is 1.85 bits per heavy atom. The van der Waals surface area contributed by atoms with Gasteiger partial charge in [0.15, 0.2) is 11.6 Å². The van der Waals surface area contributed by atoms with Crippen molar-refractivity contribution in [1.29, 1.82) is 0 Å². The molecule has 2 fully saturated rings. The van der Waals surface area contributed by atoms with Gasteiger partial charge >= 0.3 is 0 Å². The van der Waals surface area contributed by atoms with Crippen LogP contribution < -0.4 is 9.80 Å². The highest BCUT2D eigenvalue weighted by molar-refractivity contribution is 14.1. The van der Waals surface area contributed by atoms with Crippen LogP contribution in [0.5, 0.6) is 0 Å². The molecule has 0 radical (unpaired) electrons. The number of piperazine rings is 1. The third kappa shape index (κ3) is 3.77. The van der Waals surface area contributed by atoms with E-state index in [9.17, 15) is 4.79 Å². The van der Waals surface area contributed by atoms with E-state index in [0.717, 1.165) is 46.9 Å². The van der Waals surface area contributed by atoms with Crippen LogP contribution in [0.2, 0.25) is 0 Å². The Morgan fingerprint density at radius 2 is 1.31 bits per heavy atom. The first-order chi connectivity index (χ1) is 12.7. The van der Waals surface area contributed by atoms with Crippen LogP contribution in [0.4, 0.5) is 11.6 Å². The first kappa shape index (κ1) is 17.5. The molecule has 3 heterocycles. The second-order valence-corrected chi connectivity index (χ2v) is 7.98. The molecule has 0 atom stereocenters. The van der Waals surface area contributed by atoms with Gasteiger partial charge in [0.25, 0.3) is 5.91 Å². The molecule has 136 valence electrons. The predicted molar refractivity (Wildman–Crippen MR) is 111 cm³/mol. The zero-order chi connectivity index (χ0) is 17.9. The molecular formula is C19H22IN5O. The van der Waals surface area contributed by atoms with Gasteiger partial charge in [-0.25, -0.2) is 0 Å². The molecule has 2 aliphatic rings. The second kappa shape index (κ2) is 7.77. The third-order valence-electron chi connectivity index (χ3n) is 5.05. The number of benzene rings is 1. The van der Waals surface area contributed by atoms with Crippen molar-refractivity contribution in [2.45, 2.75) is 12.8 Å². The van der Waals surface area contributed by atoms with Crippen molar-refractivity contribution < 1.29 is 4.79 Å². The van der Waals surface area contributed by atoms with Gasteiger partial charge in [0.2, 0.25) is 0 Å². The van der Waals surface area contributed by atoms with Crippen LogP contribution in [-0.4, -0.2) is 60.3 Å². The highest BCUT2D eigenvalue weighted by Gasteiger charge is 2.23. The number of hydrogen-bond acceptors (Lipinski definition) is 5. The van der Waals surface area contributed by atoms with Gasteiger partial charge in [-0.1, -0.05) is 0 Å². The predicted octanol–water partition coefficient (Wildman–Crippen LogP) is 2.64. The smallest absolute Gasteiger partial charge is 0.253 e. The van der Waals surface area contributed by atoms with Crippen molar-refractivity contribution in [3.05, 3.63) is 45.5 Å². The number of aromatic nitrogens is 2. The highest BCUT2D eigenvalue weighted by atomic mass is 127. The van der Waals surface area contributed by atoms with Gasteiger partial charge in [0.05, 0.1) is 0 Å². The Balaban J connectivity index is 1.35. The minimum Gasteiger partial charge on any atom is -0.355 e. The van der Waals surface area contributed by atoms with Gasteiger partial charge in [0, 0.05) is 48.4 Å². The van der Waals surface area contributed by atoms with Crippen LogP contribution in [0.1, 0.15) is 23.2 Å². The number of carbonyl (C=O) groups excluding carboxylic acids is 1. The summed E-state index contributed by atoms with van der Waals surface area (Å²) >= 11 is 2.25. The van der Waals surface area contributed by atoms with Crippen molar-refractivity contribution in [1.82, 2.24) is 15.1 Å². The second-order valence-electron chi connectivity index (χ2n) is 6.73. The normalized spacial score (nSPS) is 17.7. The molecule has 1 aromatic carbocycles. The van der Waals surface area contributed by atoms with Crippen molar-refractivity contribution in [2.24, 2.45) is 0 Å². The van der Waals surface area contributed by atoms with E-state index in [0.29, 0.717) is 13.1 Å². The summed E-state index contributed by atoms with van der Waals surface area (Å²) in [5.41, 5.74) is 0.758. The standard InChI is InChI=1S/C19H22IN5O/c20-16-5-3-15(4-6-16)19(26)25-13-11-24(12-14-25)18-8-7-17(21-22-18)23-9-1-2-10-23/h3-8H,1-2,9-14H2. The molecule has 0 spiro atoms. The quantitative estimate of drug-likeness (QED) is 0.656. The number of hydrogen-bond donors (Lipinski definition) is 0. The van der Waals surface area contributed by atoms with E-state index in [-0.39, 0.29) is 5.91 Å². The lowest BCUT2D eigenvalue weighted by molar-refractivity contribution is 0.0746. The van der Waals surface area contributed by atoms with E-state index >= 15 is 0 Å². The summed E-state index contributed by atoms with van der Waals surface area (Å²) in [5.74, 6) is 1.98. The number of carbonyl (C=O) groups is 1. The molecule has 0 aliphatic carbocycles. The lowest BCUT2D eigenvalue weighted by atomic mass is 10.2. The Kier molecular flexibility index (Phi) is 5.23. The zero-order valence-corrected chi connectivity index (χ0v) is 16.8. The number of anilines is 2. The number of amides is 1. The summed E-state index contributed by atoms with van der Waals surface area (Å²) < 4.78 is 1.14. The first-order valence-corrected chi connectivity index (χ1v) is 10.2. The van der Waals surface area contributed by atoms with Gasteiger partial charge in [-0.05, 0) is 71.8 Å². The monoisotopic (exact) mass is 463 g/mol. The van der Waals surface area contributed by atoms with Crippen LogP contribution >= 0.6 is 22.6 Å². The fourth-order valence-electron chi connectivity index (χ4n) is 3.52. The van der Waals surface area contributed by atoms with Crippen LogP contribution in [0.15, 0.2) is 36.4 Å². The summed E-state index contributed by atoms with van der Waals surface area (Å²) in [5, 5.41) is 8.81. The summed E-state index contributed by atoms with van der Waals surface area (Å²) in [6.45, 7) is 5.14. The summed E-state index contributed by atoms with van der Waals surface area (Å²) in [6, 6.07) is 11.9. The molecule has 0 bridgehead atoms. The molecule has 4 rings (SSSR count). The number of nitrogens with zero attached hydrogens (tertiary/aromatic N) is 5. The molecule has 1 aromatic heterocycles. The Bertz CT molecular complexity index is 751. The molecule has 0 unspecified atom stereocenters. The summed E-state index contributed by atoms with van der Waals surface area (Å²) in [6.07, 6.45) is 2.47. The van der Waals surface area contributed by atoms with Gasteiger partial charge in [-0.15, -0.1) is 10.2 Å². The van der Waals surface area contributed by atoms with Crippen LogP contribution in [0.3, 0.4) is 0 Å². The SMILES string of the molecule is O=C(c1ccc(I)cc1)N1CCN(c2ccc(N3CCCC3)nn2)CC1. The highest BCUT2D eigenvalue weighted by Crippen LogP contribution is 2.20. The molecule has 7 heteroatoms. The van der Waals surface area contributed by atoms with Gasteiger partial charge in [0.1, 0.15) is 0 Å². The molecule has 2 aliphatic heterocycles. The van der Waals surface area contributed by atoms with Crippen LogP contribution in [0, 0.1) is 3.57 Å². The van der Waals surface area contributed by atoms with Gasteiger partial charge in [-0.3, -0.25) is 4.79 Å². The lowest BCUT2D eigenvalue weighted by Gasteiger charge is -2.35. The molecule has 0 N–H and O–H groups in total. The fraction of sp³-hybridized carbons (Fsp3) is 0.421. The average molecular weight is 463 g/mol. The summed E-state index contributed by atoms with van der Waals surface area (Å²) in [7, 11) is 0. The van der Waals surface area contributed by atoms with E-state index < -0.39 is 0 Å². The molecule has 0 saturated carbocycles. The Hall–Kier alpha value is -1.90. The minimum absolute atomic E-state index is 0.108. The molecular weight excluding hydrogens is 441 g/mol. The number of halogens is 1. The van der Waals surface area contributed by atoms with Crippen LogP contribution in [-0.2, 0) is 0 Å². The lowest BCUT2D eigenvalue weighted by Crippen LogP contribution is -2.49. The number of rotatable bonds is 3. The minimum atomic E-state index is 0.108. The van der Waals surface area contributed by atoms with E-state index in [2.05, 4.69) is 54.7 Å². The Labute approximate surface area is 167 Å². The van der Waals surface area contributed by atoms with E-state index in [1.807, 2.05) is 29.2 Å². The fourth-order valence-corrected chi connectivity index (χ4v) is 3.87. The van der Waals surface area contributed by atoms with Gasteiger partial charge in [-0.2, -0.15) is 0 Å². The molecule has 26 heavy (non-hydrogen) atoms. The molecule has 1 amide bonds. The largest absolute Gasteiger partial charge is 0.355 e. The van der Waals surface area contributed by atoms with Crippen molar-refractivity contribution in [3.63, 3.8) is 0 Å². The van der Waals surface area contributed by atoms with E-state index in [1.165, 1.54) is 12.8 Å². The Morgan fingerprint density at radius 1 is 0.769 bits per heavy atom. The van der Waals surface area contributed by atoms with Crippen LogP contribution in [0.25, 0.3) is 0 Å². The topological polar surface area (TPSA) is 52.6 Å². The molecule has 6 nitrogen and oxygen atoms in total.